The summed E-state index contributed by atoms with van der Waals surface area (Å²) in [6, 6.07) is 6.90. The zero-order valence-electron chi connectivity index (χ0n) is 9.64. The number of rotatable bonds is 6. The van der Waals surface area contributed by atoms with Gasteiger partial charge in [-0.25, -0.2) is 4.79 Å². The van der Waals surface area contributed by atoms with Gasteiger partial charge in [-0.15, -0.1) is 6.42 Å². The lowest BCUT2D eigenvalue weighted by Gasteiger charge is -2.09. The highest BCUT2D eigenvalue weighted by molar-refractivity contribution is 7.98. The van der Waals surface area contributed by atoms with Crippen molar-refractivity contribution in [1.82, 2.24) is 0 Å². The summed E-state index contributed by atoms with van der Waals surface area (Å²) < 4.78 is 10.4. The molecule has 3 nitrogen and oxygen atoms in total. The minimum absolute atomic E-state index is 0.134. The predicted octanol–water partition coefficient (Wildman–Crippen LogP) is 2.22. The number of hydrogen-bond acceptors (Lipinski definition) is 4. The molecule has 0 aliphatic rings. The normalized spacial score (nSPS) is 9.41. The summed E-state index contributed by atoms with van der Waals surface area (Å²) in [4.78, 5) is 11.7. The Labute approximate surface area is 105 Å². The van der Waals surface area contributed by atoms with Crippen LogP contribution in [0.15, 0.2) is 24.3 Å². The summed E-state index contributed by atoms with van der Waals surface area (Å²) in [6.07, 6.45) is 7.06. The highest BCUT2D eigenvalue weighted by Crippen LogP contribution is 2.18. The zero-order valence-corrected chi connectivity index (χ0v) is 10.5. The molecule has 0 unspecified atom stereocenters. The molecule has 0 atom stereocenters. The van der Waals surface area contributed by atoms with E-state index in [-0.39, 0.29) is 12.6 Å². The van der Waals surface area contributed by atoms with Crippen molar-refractivity contribution in [1.29, 1.82) is 0 Å². The number of benzene rings is 1. The molecule has 90 valence electrons. The first-order valence-corrected chi connectivity index (χ1v) is 6.50. The summed E-state index contributed by atoms with van der Waals surface area (Å²) in [5.41, 5.74) is 0.406. The van der Waals surface area contributed by atoms with Crippen LogP contribution in [0.3, 0.4) is 0 Å². The minimum atomic E-state index is -0.383. The van der Waals surface area contributed by atoms with Crippen LogP contribution in [0.1, 0.15) is 10.4 Å². The molecule has 0 heterocycles. The second-order valence-corrected chi connectivity index (χ2v) is 4.10. The van der Waals surface area contributed by atoms with Crippen LogP contribution >= 0.6 is 11.8 Å². The molecule has 0 aromatic heterocycles. The Kier molecular flexibility index (Phi) is 6.05. The van der Waals surface area contributed by atoms with Gasteiger partial charge in [0.05, 0.1) is 0 Å². The van der Waals surface area contributed by atoms with Crippen LogP contribution in [0.2, 0.25) is 0 Å². The largest absolute Gasteiger partial charge is 0.480 e. The smallest absolute Gasteiger partial charge is 0.341 e. The first kappa shape index (κ1) is 13.5. The monoisotopic (exact) mass is 250 g/mol. The van der Waals surface area contributed by atoms with Crippen molar-refractivity contribution in [2.75, 3.05) is 25.2 Å². The fourth-order valence-electron chi connectivity index (χ4n) is 1.18. The Bertz CT molecular complexity index is 409. The van der Waals surface area contributed by atoms with Crippen LogP contribution in [0.25, 0.3) is 0 Å². The van der Waals surface area contributed by atoms with Gasteiger partial charge in [0.25, 0.3) is 0 Å². The van der Waals surface area contributed by atoms with E-state index in [9.17, 15) is 4.79 Å². The third kappa shape index (κ3) is 4.41. The van der Waals surface area contributed by atoms with Crippen molar-refractivity contribution in [3.8, 4) is 18.1 Å². The number of esters is 1. The van der Waals surface area contributed by atoms with Crippen molar-refractivity contribution >= 4 is 17.7 Å². The predicted molar refractivity (Wildman–Crippen MR) is 69.4 cm³/mol. The molecular formula is C13H14O3S. The highest BCUT2D eigenvalue weighted by Gasteiger charge is 2.12. The van der Waals surface area contributed by atoms with Crippen LogP contribution in [-0.2, 0) is 4.74 Å². The lowest BCUT2D eigenvalue weighted by molar-refractivity contribution is 0.0526. The fraction of sp³-hybridized carbons (Fsp3) is 0.308. The molecule has 4 heteroatoms. The Morgan fingerprint density at radius 1 is 1.47 bits per heavy atom. The van der Waals surface area contributed by atoms with E-state index < -0.39 is 0 Å². The molecule has 0 spiro atoms. The van der Waals surface area contributed by atoms with E-state index in [1.807, 2.05) is 6.26 Å². The molecule has 0 saturated heterocycles. The molecular weight excluding hydrogens is 236 g/mol. The van der Waals surface area contributed by atoms with Gasteiger partial charge in [-0.2, -0.15) is 11.8 Å². The topological polar surface area (TPSA) is 35.5 Å². The molecule has 0 fully saturated rings. The number of hydrogen-bond donors (Lipinski definition) is 0. The van der Waals surface area contributed by atoms with Crippen molar-refractivity contribution in [2.24, 2.45) is 0 Å². The van der Waals surface area contributed by atoms with Gasteiger partial charge in [0.2, 0.25) is 0 Å². The van der Waals surface area contributed by atoms with Gasteiger partial charge >= 0.3 is 5.97 Å². The number of terminal acetylenes is 1. The average Bonchev–Trinajstić information content (AvgIpc) is 2.37. The van der Waals surface area contributed by atoms with E-state index in [2.05, 4.69) is 5.92 Å². The van der Waals surface area contributed by atoms with Gasteiger partial charge in [-0.05, 0) is 18.4 Å². The van der Waals surface area contributed by atoms with Crippen LogP contribution in [-0.4, -0.2) is 31.2 Å². The molecule has 0 aliphatic heterocycles. The van der Waals surface area contributed by atoms with Crippen LogP contribution < -0.4 is 4.74 Å². The first-order valence-electron chi connectivity index (χ1n) is 5.11. The van der Waals surface area contributed by atoms with E-state index in [1.54, 1.807) is 36.0 Å². The van der Waals surface area contributed by atoms with Gasteiger partial charge in [0.15, 0.2) is 0 Å². The number of carbonyl (C=O) groups excluding carboxylic acids is 1. The summed E-state index contributed by atoms with van der Waals surface area (Å²) >= 11 is 1.62. The van der Waals surface area contributed by atoms with Crippen LogP contribution in [0.4, 0.5) is 0 Å². The Hall–Kier alpha value is -1.60. The lowest BCUT2D eigenvalue weighted by atomic mass is 10.2. The molecule has 0 N–H and O–H groups in total. The number of thioether (sulfide) groups is 1. The number of para-hydroxylation sites is 1. The third-order valence-electron chi connectivity index (χ3n) is 1.94. The standard InChI is InChI=1S/C13H14O3S/c1-3-8-15-12-7-5-4-6-11(12)13(14)16-9-10-17-2/h1,4-7H,8-10H2,2H3. The van der Waals surface area contributed by atoms with Crippen molar-refractivity contribution < 1.29 is 14.3 Å². The Morgan fingerprint density at radius 2 is 2.24 bits per heavy atom. The van der Waals surface area contributed by atoms with Crippen LogP contribution in [0, 0.1) is 12.3 Å². The van der Waals surface area contributed by atoms with Gasteiger partial charge in [0.1, 0.15) is 24.5 Å². The molecule has 1 aromatic rings. The number of ether oxygens (including phenoxy) is 2. The summed E-state index contributed by atoms with van der Waals surface area (Å²) in [5.74, 6) is 3.21. The van der Waals surface area contributed by atoms with E-state index in [0.717, 1.165) is 5.75 Å². The van der Waals surface area contributed by atoms with Gasteiger partial charge in [-0.1, -0.05) is 18.1 Å². The maximum Gasteiger partial charge on any atom is 0.341 e. The lowest BCUT2D eigenvalue weighted by Crippen LogP contribution is -2.10. The highest BCUT2D eigenvalue weighted by atomic mass is 32.2. The second kappa shape index (κ2) is 7.64. The van der Waals surface area contributed by atoms with Gasteiger partial charge < -0.3 is 9.47 Å². The zero-order chi connectivity index (χ0) is 12.5. The quantitative estimate of drug-likeness (QED) is 0.440. The number of carbonyl (C=O) groups is 1. The Balaban J connectivity index is 2.68. The first-order chi connectivity index (χ1) is 8.29. The van der Waals surface area contributed by atoms with Crippen molar-refractivity contribution in [3.05, 3.63) is 29.8 Å². The van der Waals surface area contributed by atoms with E-state index in [4.69, 9.17) is 15.9 Å². The van der Waals surface area contributed by atoms with E-state index in [1.165, 1.54) is 0 Å². The molecule has 0 bridgehead atoms. The average molecular weight is 250 g/mol. The molecule has 1 aromatic carbocycles. The third-order valence-corrected chi connectivity index (χ3v) is 2.51. The second-order valence-electron chi connectivity index (χ2n) is 3.12. The van der Waals surface area contributed by atoms with Crippen LogP contribution in [0.5, 0.6) is 5.75 Å². The summed E-state index contributed by atoms with van der Waals surface area (Å²) in [5, 5.41) is 0. The SMILES string of the molecule is C#CCOc1ccccc1C(=O)OCCSC. The Morgan fingerprint density at radius 3 is 2.94 bits per heavy atom. The molecule has 0 saturated carbocycles. The molecule has 0 radical (unpaired) electrons. The van der Waals surface area contributed by atoms with Gasteiger partial charge in [0, 0.05) is 5.75 Å². The summed E-state index contributed by atoms with van der Waals surface area (Å²) in [7, 11) is 0. The van der Waals surface area contributed by atoms with Gasteiger partial charge in [-0.3, -0.25) is 0 Å². The summed E-state index contributed by atoms with van der Waals surface area (Å²) in [6.45, 7) is 0.526. The fourth-order valence-corrected chi connectivity index (χ4v) is 1.43. The molecule has 1 rings (SSSR count). The molecule has 0 aliphatic carbocycles. The van der Waals surface area contributed by atoms with E-state index >= 15 is 0 Å². The maximum absolute atomic E-state index is 11.7. The minimum Gasteiger partial charge on any atom is -0.480 e. The molecule has 17 heavy (non-hydrogen) atoms. The maximum atomic E-state index is 11.7. The van der Waals surface area contributed by atoms with Crippen molar-refractivity contribution in [2.45, 2.75) is 0 Å². The molecule has 0 amide bonds. The van der Waals surface area contributed by atoms with Crippen molar-refractivity contribution in [3.63, 3.8) is 0 Å². The van der Waals surface area contributed by atoms with E-state index in [0.29, 0.717) is 17.9 Å².